The summed E-state index contributed by atoms with van der Waals surface area (Å²) in [6.07, 6.45) is 4.98. The van der Waals surface area contributed by atoms with Crippen molar-refractivity contribution in [3.63, 3.8) is 0 Å². The van der Waals surface area contributed by atoms with Gasteiger partial charge in [-0.1, -0.05) is 26.0 Å². The van der Waals surface area contributed by atoms with Gasteiger partial charge in [0.2, 0.25) is 0 Å². The highest BCUT2D eigenvalue weighted by atomic mass is 14.9. The van der Waals surface area contributed by atoms with Gasteiger partial charge in [0.25, 0.3) is 0 Å². The molecule has 1 heterocycles. The van der Waals surface area contributed by atoms with Crippen molar-refractivity contribution in [1.29, 1.82) is 0 Å². The smallest absolute Gasteiger partial charge is 0.0346 e. The molecule has 0 amide bonds. The molecule has 1 aromatic heterocycles. The summed E-state index contributed by atoms with van der Waals surface area (Å²) in [4.78, 5) is 4.13. The molecule has 0 aliphatic rings. The summed E-state index contributed by atoms with van der Waals surface area (Å²) in [6.45, 7) is 7.72. The van der Waals surface area contributed by atoms with Crippen molar-refractivity contribution in [2.45, 2.75) is 39.8 Å². The van der Waals surface area contributed by atoms with E-state index in [9.17, 15) is 0 Å². The second-order valence-electron chi connectivity index (χ2n) is 5.47. The van der Waals surface area contributed by atoms with Crippen LogP contribution in [0.2, 0.25) is 0 Å². The van der Waals surface area contributed by atoms with Crippen LogP contribution in [0, 0.1) is 5.92 Å². The maximum atomic E-state index is 4.13. The fourth-order valence-electron chi connectivity index (χ4n) is 2.33. The summed E-state index contributed by atoms with van der Waals surface area (Å²) in [7, 11) is 0. The molecule has 2 aromatic rings. The Hall–Kier alpha value is -1.41. The van der Waals surface area contributed by atoms with Gasteiger partial charge in [-0.25, -0.2) is 0 Å². The lowest BCUT2D eigenvalue weighted by Gasteiger charge is -2.16. The monoisotopic (exact) mass is 242 g/mol. The Morgan fingerprint density at radius 3 is 2.72 bits per heavy atom. The SMILES string of the molecule is CC(C)CC(C)NCc1ccc2cnccc2c1. The number of hydrogen-bond donors (Lipinski definition) is 1. The maximum absolute atomic E-state index is 4.13. The lowest BCUT2D eigenvalue weighted by molar-refractivity contribution is 0.441. The molecule has 0 spiro atoms. The molecule has 1 aromatic carbocycles. The van der Waals surface area contributed by atoms with Crippen molar-refractivity contribution < 1.29 is 0 Å². The van der Waals surface area contributed by atoms with Gasteiger partial charge in [-0.2, -0.15) is 0 Å². The van der Waals surface area contributed by atoms with E-state index in [2.05, 4.69) is 55.3 Å². The van der Waals surface area contributed by atoms with Crippen LogP contribution in [-0.2, 0) is 6.54 Å². The van der Waals surface area contributed by atoms with Crippen LogP contribution in [0.5, 0.6) is 0 Å². The molecule has 0 fully saturated rings. The average Bonchev–Trinajstić information content (AvgIpc) is 2.35. The zero-order valence-electron chi connectivity index (χ0n) is 11.5. The minimum Gasteiger partial charge on any atom is -0.310 e. The largest absolute Gasteiger partial charge is 0.310 e. The number of benzene rings is 1. The number of nitrogens with one attached hydrogen (secondary N) is 1. The molecule has 0 saturated heterocycles. The van der Waals surface area contributed by atoms with E-state index in [1.165, 1.54) is 22.8 Å². The molecule has 96 valence electrons. The summed E-state index contributed by atoms with van der Waals surface area (Å²) in [5.74, 6) is 0.746. The number of pyridine rings is 1. The van der Waals surface area contributed by atoms with E-state index < -0.39 is 0 Å². The zero-order valence-corrected chi connectivity index (χ0v) is 11.5. The van der Waals surface area contributed by atoms with Gasteiger partial charge in [-0.15, -0.1) is 0 Å². The summed E-state index contributed by atoms with van der Waals surface area (Å²) < 4.78 is 0. The number of fused-ring (bicyclic) bond motifs is 1. The minimum atomic E-state index is 0.568. The fourth-order valence-corrected chi connectivity index (χ4v) is 2.33. The fraction of sp³-hybridized carbons (Fsp3) is 0.438. The van der Waals surface area contributed by atoms with Crippen molar-refractivity contribution in [2.24, 2.45) is 5.92 Å². The molecule has 0 aliphatic heterocycles. The first-order chi connectivity index (χ1) is 8.65. The molecule has 1 unspecified atom stereocenters. The van der Waals surface area contributed by atoms with Gasteiger partial charge in [0.1, 0.15) is 0 Å². The van der Waals surface area contributed by atoms with E-state index >= 15 is 0 Å². The van der Waals surface area contributed by atoms with Crippen LogP contribution in [0.25, 0.3) is 10.8 Å². The minimum absolute atomic E-state index is 0.568. The molecule has 1 atom stereocenters. The van der Waals surface area contributed by atoms with E-state index in [0.717, 1.165) is 12.5 Å². The average molecular weight is 242 g/mol. The number of rotatable bonds is 5. The molecule has 0 saturated carbocycles. The third-order valence-corrected chi connectivity index (χ3v) is 3.18. The van der Waals surface area contributed by atoms with E-state index in [1.54, 1.807) is 0 Å². The third kappa shape index (κ3) is 3.54. The van der Waals surface area contributed by atoms with Crippen molar-refractivity contribution in [1.82, 2.24) is 10.3 Å². The van der Waals surface area contributed by atoms with Gasteiger partial charge in [-0.3, -0.25) is 4.98 Å². The molecular weight excluding hydrogens is 220 g/mol. The van der Waals surface area contributed by atoms with Crippen LogP contribution in [0.4, 0.5) is 0 Å². The molecule has 2 heteroatoms. The van der Waals surface area contributed by atoms with Crippen LogP contribution in [-0.4, -0.2) is 11.0 Å². The molecule has 0 radical (unpaired) electrons. The Kier molecular flexibility index (Phi) is 4.32. The van der Waals surface area contributed by atoms with Crippen molar-refractivity contribution in [3.8, 4) is 0 Å². The first-order valence-electron chi connectivity index (χ1n) is 6.71. The quantitative estimate of drug-likeness (QED) is 0.863. The Balaban J connectivity index is 1.99. The van der Waals surface area contributed by atoms with Gasteiger partial charge in [0.15, 0.2) is 0 Å². The maximum Gasteiger partial charge on any atom is 0.0346 e. The van der Waals surface area contributed by atoms with Crippen LogP contribution >= 0.6 is 0 Å². The molecule has 18 heavy (non-hydrogen) atoms. The van der Waals surface area contributed by atoms with E-state index in [0.29, 0.717) is 6.04 Å². The second kappa shape index (κ2) is 5.96. The molecule has 2 nitrogen and oxygen atoms in total. The first-order valence-corrected chi connectivity index (χ1v) is 6.71. The molecule has 0 aliphatic carbocycles. The first kappa shape index (κ1) is 13.0. The Morgan fingerprint density at radius 1 is 1.11 bits per heavy atom. The van der Waals surface area contributed by atoms with Crippen molar-refractivity contribution in [2.75, 3.05) is 0 Å². The van der Waals surface area contributed by atoms with Gasteiger partial charge in [0, 0.05) is 30.4 Å². The number of nitrogens with zero attached hydrogens (tertiary/aromatic N) is 1. The standard InChI is InChI=1S/C16H22N2/c1-12(2)8-13(3)18-10-14-4-5-16-11-17-7-6-15(16)9-14/h4-7,9,11-13,18H,8,10H2,1-3H3. The topological polar surface area (TPSA) is 24.9 Å². The molecule has 2 rings (SSSR count). The molecule has 0 bridgehead atoms. The summed E-state index contributed by atoms with van der Waals surface area (Å²) >= 11 is 0. The summed E-state index contributed by atoms with van der Waals surface area (Å²) in [5.41, 5.74) is 1.34. The Labute approximate surface area is 109 Å². The van der Waals surface area contributed by atoms with Crippen LogP contribution in [0.15, 0.2) is 36.7 Å². The molecular formula is C16H22N2. The highest BCUT2D eigenvalue weighted by molar-refractivity contribution is 5.81. The van der Waals surface area contributed by atoms with E-state index in [4.69, 9.17) is 0 Å². The lowest BCUT2D eigenvalue weighted by Crippen LogP contribution is -2.26. The van der Waals surface area contributed by atoms with Crippen LogP contribution < -0.4 is 5.32 Å². The summed E-state index contributed by atoms with van der Waals surface area (Å²) in [6, 6.07) is 9.20. The molecule has 1 N–H and O–H groups in total. The normalized spacial score (nSPS) is 13.1. The highest BCUT2D eigenvalue weighted by Crippen LogP contribution is 2.14. The van der Waals surface area contributed by atoms with Gasteiger partial charge in [0.05, 0.1) is 0 Å². The van der Waals surface area contributed by atoms with Crippen molar-refractivity contribution >= 4 is 10.8 Å². The predicted molar refractivity (Wildman–Crippen MR) is 77.5 cm³/mol. The third-order valence-electron chi connectivity index (χ3n) is 3.18. The second-order valence-corrected chi connectivity index (χ2v) is 5.47. The van der Waals surface area contributed by atoms with Gasteiger partial charge < -0.3 is 5.32 Å². The Morgan fingerprint density at radius 2 is 1.94 bits per heavy atom. The predicted octanol–water partition coefficient (Wildman–Crippen LogP) is 3.76. The lowest BCUT2D eigenvalue weighted by atomic mass is 10.0. The number of aromatic nitrogens is 1. The van der Waals surface area contributed by atoms with E-state index in [1.807, 2.05) is 12.4 Å². The zero-order chi connectivity index (χ0) is 13.0. The van der Waals surface area contributed by atoms with Gasteiger partial charge in [-0.05, 0) is 42.3 Å². The summed E-state index contributed by atoms with van der Waals surface area (Å²) in [5, 5.41) is 6.05. The Bertz CT molecular complexity index is 505. The van der Waals surface area contributed by atoms with E-state index in [-0.39, 0.29) is 0 Å². The highest BCUT2D eigenvalue weighted by Gasteiger charge is 2.04. The van der Waals surface area contributed by atoms with Crippen molar-refractivity contribution in [3.05, 3.63) is 42.2 Å². The van der Waals surface area contributed by atoms with Gasteiger partial charge >= 0.3 is 0 Å². The number of hydrogen-bond acceptors (Lipinski definition) is 2. The van der Waals surface area contributed by atoms with Crippen LogP contribution in [0.3, 0.4) is 0 Å². The van der Waals surface area contributed by atoms with Crippen LogP contribution in [0.1, 0.15) is 32.8 Å².